The minimum absolute atomic E-state index is 0.0705. The van der Waals surface area contributed by atoms with E-state index in [1.807, 2.05) is 25.1 Å². The number of hydrogen-bond donors (Lipinski definition) is 2. The van der Waals surface area contributed by atoms with Gasteiger partial charge in [-0.2, -0.15) is 0 Å². The maximum atomic E-state index is 5.74. The molecule has 0 radical (unpaired) electrons. The van der Waals surface area contributed by atoms with Crippen LogP contribution >= 0.6 is 15.9 Å². The summed E-state index contributed by atoms with van der Waals surface area (Å²) < 4.78 is 6.84. The van der Waals surface area contributed by atoms with Crippen molar-refractivity contribution in [3.63, 3.8) is 0 Å². The summed E-state index contributed by atoms with van der Waals surface area (Å²) in [4.78, 5) is 0. The van der Waals surface area contributed by atoms with Crippen molar-refractivity contribution in [1.29, 1.82) is 0 Å². The van der Waals surface area contributed by atoms with Gasteiger partial charge in [0.1, 0.15) is 0 Å². The number of nitrogens with two attached hydrogens (primary N) is 1. The molecule has 0 saturated heterocycles. The van der Waals surface area contributed by atoms with E-state index in [1.54, 1.807) is 0 Å². The Labute approximate surface area is 112 Å². The van der Waals surface area contributed by atoms with Gasteiger partial charge in [-0.3, -0.25) is 11.3 Å². The van der Waals surface area contributed by atoms with Crippen molar-refractivity contribution in [2.45, 2.75) is 38.8 Å². The molecule has 1 aromatic rings. The predicted octanol–water partition coefficient (Wildman–Crippen LogP) is 2.64. The summed E-state index contributed by atoms with van der Waals surface area (Å²) in [5.74, 6) is 5.64. The number of rotatable bonds is 6. The van der Waals surface area contributed by atoms with Gasteiger partial charge in [-0.25, -0.2) is 0 Å². The van der Waals surface area contributed by atoms with Crippen LogP contribution < -0.4 is 11.3 Å². The lowest BCUT2D eigenvalue weighted by Gasteiger charge is -2.34. The molecule has 1 unspecified atom stereocenters. The lowest BCUT2D eigenvalue weighted by atomic mass is 9.92. The van der Waals surface area contributed by atoms with Crippen molar-refractivity contribution in [2.24, 2.45) is 5.84 Å². The topological polar surface area (TPSA) is 47.3 Å². The van der Waals surface area contributed by atoms with Crippen molar-refractivity contribution in [3.05, 3.63) is 34.3 Å². The SMILES string of the molecule is CCOC(C)(C)C(Cc1ccccc1Br)NN. The Balaban J connectivity index is 2.80. The van der Waals surface area contributed by atoms with Crippen molar-refractivity contribution in [1.82, 2.24) is 5.43 Å². The van der Waals surface area contributed by atoms with E-state index in [0.717, 1.165) is 10.9 Å². The quantitative estimate of drug-likeness (QED) is 0.627. The zero-order chi connectivity index (χ0) is 12.9. The molecule has 0 saturated carbocycles. The van der Waals surface area contributed by atoms with Crippen LogP contribution in [0.15, 0.2) is 28.7 Å². The Morgan fingerprint density at radius 3 is 2.59 bits per heavy atom. The second-order valence-corrected chi connectivity index (χ2v) is 5.41. The maximum absolute atomic E-state index is 5.74. The Kier molecular flexibility index (Phi) is 5.59. The highest BCUT2D eigenvalue weighted by atomic mass is 79.9. The molecule has 0 aliphatic heterocycles. The van der Waals surface area contributed by atoms with E-state index >= 15 is 0 Å². The average molecular weight is 301 g/mol. The predicted molar refractivity (Wildman–Crippen MR) is 74.7 cm³/mol. The molecule has 0 fully saturated rings. The Morgan fingerprint density at radius 2 is 2.06 bits per heavy atom. The third-order valence-corrected chi connectivity index (χ3v) is 3.71. The molecule has 3 N–H and O–H groups in total. The molecule has 0 aliphatic rings. The normalized spacial score (nSPS) is 13.7. The summed E-state index contributed by atoms with van der Waals surface area (Å²) >= 11 is 3.55. The molecule has 0 aliphatic carbocycles. The van der Waals surface area contributed by atoms with Gasteiger partial charge < -0.3 is 4.74 Å². The minimum Gasteiger partial charge on any atom is -0.374 e. The standard InChI is InChI=1S/C13H21BrN2O/c1-4-17-13(2,3)12(16-15)9-10-7-5-6-8-11(10)14/h5-8,12,16H,4,9,15H2,1-3H3. The molecular weight excluding hydrogens is 280 g/mol. The highest BCUT2D eigenvalue weighted by molar-refractivity contribution is 9.10. The van der Waals surface area contributed by atoms with Crippen LogP contribution in [0, 0.1) is 0 Å². The van der Waals surface area contributed by atoms with Gasteiger partial charge in [0.05, 0.1) is 11.6 Å². The zero-order valence-electron chi connectivity index (χ0n) is 10.7. The fraction of sp³-hybridized carbons (Fsp3) is 0.538. The lowest BCUT2D eigenvalue weighted by molar-refractivity contribution is -0.0381. The highest BCUT2D eigenvalue weighted by Crippen LogP contribution is 2.23. The van der Waals surface area contributed by atoms with Gasteiger partial charge in [0.15, 0.2) is 0 Å². The van der Waals surface area contributed by atoms with E-state index in [2.05, 4.69) is 41.3 Å². The molecule has 4 heteroatoms. The third-order valence-electron chi connectivity index (χ3n) is 2.94. The Hall–Kier alpha value is -0.420. The average Bonchev–Trinajstić information content (AvgIpc) is 2.27. The first-order chi connectivity index (χ1) is 8.01. The summed E-state index contributed by atoms with van der Waals surface area (Å²) in [5.41, 5.74) is 3.79. The molecular formula is C13H21BrN2O. The smallest absolute Gasteiger partial charge is 0.0795 e. The van der Waals surface area contributed by atoms with Crippen molar-refractivity contribution < 1.29 is 4.74 Å². The van der Waals surface area contributed by atoms with Crippen LogP contribution in [0.1, 0.15) is 26.3 Å². The number of hydrazine groups is 1. The summed E-state index contributed by atoms with van der Waals surface area (Å²) in [7, 11) is 0. The van der Waals surface area contributed by atoms with Crippen molar-refractivity contribution >= 4 is 15.9 Å². The monoisotopic (exact) mass is 300 g/mol. The van der Waals surface area contributed by atoms with Gasteiger partial charge in [0.2, 0.25) is 0 Å². The molecule has 0 bridgehead atoms. The molecule has 1 aromatic carbocycles. The summed E-state index contributed by atoms with van der Waals surface area (Å²) in [6.45, 7) is 6.78. The first-order valence-corrected chi connectivity index (χ1v) is 6.64. The van der Waals surface area contributed by atoms with E-state index < -0.39 is 0 Å². The number of nitrogens with one attached hydrogen (secondary N) is 1. The molecule has 17 heavy (non-hydrogen) atoms. The van der Waals surface area contributed by atoms with E-state index in [0.29, 0.717) is 6.61 Å². The number of ether oxygens (including phenoxy) is 1. The summed E-state index contributed by atoms with van der Waals surface area (Å²) in [6, 6.07) is 8.24. The first kappa shape index (κ1) is 14.6. The highest BCUT2D eigenvalue weighted by Gasteiger charge is 2.29. The fourth-order valence-corrected chi connectivity index (χ4v) is 2.31. The fourth-order valence-electron chi connectivity index (χ4n) is 1.86. The molecule has 1 atom stereocenters. The molecule has 0 heterocycles. The second-order valence-electron chi connectivity index (χ2n) is 4.55. The van der Waals surface area contributed by atoms with E-state index in [-0.39, 0.29) is 11.6 Å². The van der Waals surface area contributed by atoms with Gasteiger partial charge in [-0.15, -0.1) is 0 Å². The minimum atomic E-state index is -0.293. The molecule has 96 valence electrons. The van der Waals surface area contributed by atoms with Gasteiger partial charge >= 0.3 is 0 Å². The number of benzene rings is 1. The number of hydrogen-bond acceptors (Lipinski definition) is 3. The van der Waals surface area contributed by atoms with Crippen LogP contribution in [0.25, 0.3) is 0 Å². The van der Waals surface area contributed by atoms with E-state index in [1.165, 1.54) is 5.56 Å². The Bertz CT molecular complexity index is 355. The van der Waals surface area contributed by atoms with Gasteiger partial charge in [-0.1, -0.05) is 34.1 Å². The lowest BCUT2D eigenvalue weighted by Crippen LogP contribution is -2.52. The summed E-state index contributed by atoms with van der Waals surface area (Å²) in [5, 5.41) is 0. The van der Waals surface area contributed by atoms with Crippen LogP contribution in [0.2, 0.25) is 0 Å². The molecule has 3 nitrogen and oxygen atoms in total. The Morgan fingerprint density at radius 1 is 1.41 bits per heavy atom. The maximum Gasteiger partial charge on any atom is 0.0795 e. The van der Waals surface area contributed by atoms with Gasteiger partial charge in [0.25, 0.3) is 0 Å². The summed E-state index contributed by atoms with van der Waals surface area (Å²) in [6.07, 6.45) is 0.824. The second kappa shape index (κ2) is 6.50. The molecule has 1 rings (SSSR count). The molecule has 0 spiro atoms. The van der Waals surface area contributed by atoms with Crippen LogP contribution in [-0.2, 0) is 11.2 Å². The molecule has 0 aromatic heterocycles. The van der Waals surface area contributed by atoms with Crippen molar-refractivity contribution in [2.75, 3.05) is 6.61 Å². The van der Waals surface area contributed by atoms with E-state index in [4.69, 9.17) is 10.6 Å². The first-order valence-electron chi connectivity index (χ1n) is 5.84. The van der Waals surface area contributed by atoms with Crippen LogP contribution in [0.4, 0.5) is 0 Å². The van der Waals surface area contributed by atoms with Gasteiger partial charge in [-0.05, 0) is 38.8 Å². The van der Waals surface area contributed by atoms with Crippen molar-refractivity contribution in [3.8, 4) is 0 Å². The molecule has 0 amide bonds. The third kappa shape index (κ3) is 4.07. The van der Waals surface area contributed by atoms with E-state index in [9.17, 15) is 0 Å². The zero-order valence-corrected chi connectivity index (χ0v) is 12.3. The van der Waals surface area contributed by atoms with Crippen LogP contribution in [-0.4, -0.2) is 18.2 Å². The van der Waals surface area contributed by atoms with Crippen LogP contribution in [0.5, 0.6) is 0 Å². The largest absolute Gasteiger partial charge is 0.374 e. The number of halogens is 1. The van der Waals surface area contributed by atoms with Gasteiger partial charge in [0, 0.05) is 11.1 Å². The van der Waals surface area contributed by atoms with Crippen LogP contribution in [0.3, 0.4) is 0 Å².